The van der Waals surface area contributed by atoms with Crippen LogP contribution in [0.3, 0.4) is 0 Å². The van der Waals surface area contributed by atoms with Crippen LogP contribution in [0.15, 0.2) is 28.7 Å². The van der Waals surface area contributed by atoms with E-state index in [2.05, 4.69) is 38.8 Å². The van der Waals surface area contributed by atoms with Gasteiger partial charge < -0.3 is 9.88 Å². The molecule has 1 N–H and O–H groups in total. The molecule has 3 nitrogen and oxygen atoms in total. The van der Waals surface area contributed by atoms with Gasteiger partial charge in [-0.25, -0.2) is 0 Å². The van der Waals surface area contributed by atoms with E-state index in [1.165, 1.54) is 0 Å². The Hall–Kier alpha value is -1.29. The topological polar surface area (TPSA) is 34.0 Å². The summed E-state index contributed by atoms with van der Waals surface area (Å²) in [4.78, 5) is 11.9. The fraction of sp³-hybridized carbons (Fsp3) is 0.308. The maximum atomic E-state index is 11.9. The van der Waals surface area contributed by atoms with Crippen molar-refractivity contribution >= 4 is 32.7 Å². The summed E-state index contributed by atoms with van der Waals surface area (Å²) in [6.07, 6.45) is 1.02. The molecule has 88 valence electrons. The van der Waals surface area contributed by atoms with Crippen LogP contribution in [-0.2, 0) is 0 Å². The van der Waals surface area contributed by atoms with Crippen LogP contribution < -0.4 is 5.32 Å². The van der Waals surface area contributed by atoms with Crippen LogP contribution >= 0.6 is 15.9 Å². The molecule has 1 aliphatic rings. The number of nitrogens with one attached hydrogen (secondary N) is 1. The van der Waals surface area contributed by atoms with Gasteiger partial charge in [-0.05, 0) is 24.6 Å². The second-order valence-corrected chi connectivity index (χ2v) is 5.29. The third-order valence-corrected chi connectivity index (χ3v) is 3.86. The molecule has 0 radical (unpaired) electrons. The van der Waals surface area contributed by atoms with Crippen molar-refractivity contribution < 1.29 is 4.79 Å². The van der Waals surface area contributed by atoms with E-state index in [1.54, 1.807) is 0 Å². The van der Waals surface area contributed by atoms with E-state index in [1.807, 2.05) is 18.2 Å². The molecule has 1 aromatic heterocycles. The molecule has 3 rings (SSSR count). The van der Waals surface area contributed by atoms with Gasteiger partial charge >= 0.3 is 0 Å². The lowest BCUT2D eigenvalue weighted by atomic mass is 10.1. The number of rotatable bonds is 1. The molecule has 1 amide bonds. The van der Waals surface area contributed by atoms with E-state index in [-0.39, 0.29) is 5.91 Å². The normalized spacial score (nSPS) is 19.2. The summed E-state index contributed by atoms with van der Waals surface area (Å²) in [7, 11) is 0. The summed E-state index contributed by atoms with van der Waals surface area (Å²) in [5.74, 6) is 0.0297. The number of fused-ring (bicyclic) bond motifs is 3. The molecule has 4 heteroatoms. The number of nitrogens with zero attached hydrogens (tertiary/aromatic N) is 1. The molecule has 0 bridgehead atoms. The fourth-order valence-corrected chi connectivity index (χ4v) is 2.83. The molecule has 1 aliphatic heterocycles. The Bertz CT molecular complexity index is 603. The standard InChI is InChI=1S/C13H13BrN2O/c1-2-10-7-15-13(17)12-5-8-3-4-9(14)6-11(8)16(10)12/h3-6,10H,2,7H2,1H3,(H,15,17)/t10-/m0/s1. The van der Waals surface area contributed by atoms with Gasteiger partial charge in [0.05, 0.1) is 11.6 Å². The van der Waals surface area contributed by atoms with Gasteiger partial charge in [-0.1, -0.05) is 28.9 Å². The highest BCUT2D eigenvalue weighted by atomic mass is 79.9. The summed E-state index contributed by atoms with van der Waals surface area (Å²) in [6, 6.07) is 8.46. The SMILES string of the molecule is CC[C@H]1CNC(=O)c2cc3ccc(Br)cc3n21. The predicted octanol–water partition coefficient (Wildman–Crippen LogP) is 3.10. The molecule has 0 unspecified atom stereocenters. The highest BCUT2D eigenvalue weighted by Crippen LogP contribution is 2.30. The van der Waals surface area contributed by atoms with Crippen molar-refractivity contribution in [3.8, 4) is 0 Å². The monoisotopic (exact) mass is 292 g/mol. The number of halogens is 1. The summed E-state index contributed by atoms with van der Waals surface area (Å²) >= 11 is 3.49. The second kappa shape index (κ2) is 3.88. The number of benzene rings is 1. The van der Waals surface area contributed by atoms with E-state index in [0.717, 1.165) is 34.0 Å². The minimum Gasteiger partial charge on any atom is -0.349 e. The van der Waals surface area contributed by atoms with E-state index < -0.39 is 0 Å². The summed E-state index contributed by atoms with van der Waals surface area (Å²) in [5.41, 5.74) is 1.91. The maximum absolute atomic E-state index is 11.9. The highest BCUT2D eigenvalue weighted by Gasteiger charge is 2.25. The smallest absolute Gasteiger partial charge is 0.268 e. The molecular weight excluding hydrogens is 280 g/mol. The van der Waals surface area contributed by atoms with Crippen molar-refractivity contribution in [2.45, 2.75) is 19.4 Å². The van der Waals surface area contributed by atoms with Crippen LogP contribution in [0, 0.1) is 0 Å². The summed E-state index contributed by atoms with van der Waals surface area (Å²) < 4.78 is 3.21. The molecule has 0 saturated carbocycles. The van der Waals surface area contributed by atoms with Crippen molar-refractivity contribution in [3.63, 3.8) is 0 Å². The molecule has 1 atom stereocenters. The summed E-state index contributed by atoms with van der Waals surface area (Å²) in [5, 5.41) is 4.07. The van der Waals surface area contributed by atoms with E-state index in [4.69, 9.17) is 0 Å². The van der Waals surface area contributed by atoms with Crippen molar-refractivity contribution in [3.05, 3.63) is 34.4 Å². The third-order valence-electron chi connectivity index (χ3n) is 3.37. The number of amides is 1. The lowest BCUT2D eigenvalue weighted by Crippen LogP contribution is -2.38. The highest BCUT2D eigenvalue weighted by molar-refractivity contribution is 9.10. The first kappa shape index (κ1) is 10.8. The molecule has 2 aromatic rings. The van der Waals surface area contributed by atoms with Gasteiger partial charge in [-0.15, -0.1) is 0 Å². The second-order valence-electron chi connectivity index (χ2n) is 4.37. The predicted molar refractivity (Wildman–Crippen MR) is 71.3 cm³/mol. The fourth-order valence-electron chi connectivity index (χ4n) is 2.48. The molecule has 0 aliphatic carbocycles. The van der Waals surface area contributed by atoms with Crippen molar-refractivity contribution in [2.24, 2.45) is 0 Å². The van der Waals surface area contributed by atoms with Gasteiger partial charge in [0.25, 0.3) is 5.91 Å². The average molecular weight is 293 g/mol. The molecular formula is C13H13BrN2O. The van der Waals surface area contributed by atoms with Gasteiger partial charge in [-0.2, -0.15) is 0 Å². The number of carbonyl (C=O) groups excluding carboxylic acids is 1. The number of aromatic nitrogens is 1. The lowest BCUT2D eigenvalue weighted by Gasteiger charge is -2.26. The first-order chi connectivity index (χ1) is 8.20. The largest absolute Gasteiger partial charge is 0.349 e. The van der Waals surface area contributed by atoms with Crippen molar-refractivity contribution in [1.82, 2.24) is 9.88 Å². The third kappa shape index (κ3) is 1.59. The Morgan fingerprint density at radius 1 is 1.47 bits per heavy atom. The van der Waals surface area contributed by atoms with Crippen LogP contribution in [0.2, 0.25) is 0 Å². The van der Waals surface area contributed by atoms with Crippen LogP contribution in [0.1, 0.15) is 29.9 Å². The van der Waals surface area contributed by atoms with Gasteiger partial charge in [-0.3, -0.25) is 4.79 Å². The molecule has 1 aromatic carbocycles. The first-order valence-corrected chi connectivity index (χ1v) is 6.58. The number of hydrogen-bond donors (Lipinski definition) is 1. The summed E-state index contributed by atoms with van der Waals surface area (Å²) in [6.45, 7) is 2.87. The minimum absolute atomic E-state index is 0.0297. The Balaban J connectivity index is 2.33. The quantitative estimate of drug-likeness (QED) is 0.861. The molecule has 0 spiro atoms. The van der Waals surface area contributed by atoms with Crippen molar-refractivity contribution in [1.29, 1.82) is 0 Å². The van der Waals surface area contributed by atoms with E-state index in [9.17, 15) is 4.79 Å². The Morgan fingerprint density at radius 2 is 2.29 bits per heavy atom. The molecule has 0 saturated heterocycles. The zero-order chi connectivity index (χ0) is 12.0. The zero-order valence-corrected chi connectivity index (χ0v) is 11.1. The van der Waals surface area contributed by atoms with E-state index in [0.29, 0.717) is 6.04 Å². The average Bonchev–Trinajstić information content (AvgIpc) is 2.70. The van der Waals surface area contributed by atoms with Crippen LogP contribution in [-0.4, -0.2) is 17.0 Å². The Labute approximate surface area is 108 Å². The van der Waals surface area contributed by atoms with Crippen LogP contribution in [0.5, 0.6) is 0 Å². The molecule has 2 heterocycles. The number of carbonyl (C=O) groups is 1. The maximum Gasteiger partial charge on any atom is 0.268 e. The van der Waals surface area contributed by atoms with Crippen LogP contribution in [0.4, 0.5) is 0 Å². The Kier molecular flexibility index (Phi) is 2.47. The van der Waals surface area contributed by atoms with Crippen molar-refractivity contribution in [2.75, 3.05) is 6.54 Å². The van der Waals surface area contributed by atoms with Crippen LogP contribution in [0.25, 0.3) is 10.9 Å². The van der Waals surface area contributed by atoms with E-state index >= 15 is 0 Å². The van der Waals surface area contributed by atoms with Gasteiger partial charge in [0.2, 0.25) is 0 Å². The molecule has 0 fully saturated rings. The Morgan fingerprint density at radius 3 is 3.06 bits per heavy atom. The van der Waals surface area contributed by atoms with Gasteiger partial charge in [0.15, 0.2) is 0 Å². The van der Waals surface area contributed by atoms with Gasteiger partial charge in [0.1, 0.15) is 5.69 Å². The lowest BCUT2D eigenvalue weighted by molar-refractivity contribution is 0.0916. The zero-order valence-electron chi connectivity index (χ0n) is 9.53. The minimum atomic E-state index is 0.0297. The van der Waals surface area contributed by atoms with Gasteiger partial charge in [0, 0.05) is 16.4 Å². The molecule has 17 heavy (non-hydrogen) atoms. The number of hydrogen-bond acceptors (Lipinski definition) is 1. The first-order valence-electron chi connectivity index (χ1n) is 5.79.